The molecule has 0 bridgehead atoms. The molecule has 26 heavy (non-hydrogen) atoms. The van der Waals surface area contributed by atoms with Crippen LogP contribution >= 0.6 is 0 Å². The average Bonchev–Trinajstić information content (AvgIpc) is 2.67. The van der Waals surface area contributed by atoms with Crippen molar-refractivity contribution in [2.75, 3.05) is 13.1 Å². The quantitative estimate of drug-likeness (QED) is 0.910. The molecule has 1 N–H and O–H groups in total. The first-order chi connectivity index (χ1) is 12.5. The summed E-state index contributed by atoms with van der Waals surface area (Å²) in [6.07, 6.45) is 4.53. The molecule has 1 atom stereocenters. The van der Waals surface area contributed by atoms with Crippen LogP contribution < -0.4 is 5.32 Å². The molecule has 1 aliphatic rings. The molecule has 2 aromatic rings. The van der Waals surface area contributed by atoms with Crippen LogP contribution in [0.3, 0.4) is 0 Å². The number of piperidine rings is 1. The number of halogens is 1. The minimum absolute atomic E-state index is 0.0955. The number of aromatic nitrogens is 2. The van der Waals surface area contributed by atoms with Crippen molar-refractivity contribution in [3.8, 4) is 0 Å². The smallest absolute Gasteiger partial charge is 0.274 e. The van der Waals surface area contributed by atoms with Gasteiger partial charge in [-0.15, -0.1) is 0 Å². The number of aryl methyl sites for hydroxylation is 1. The van der Waals surface area contributed by atoms with E-state index < -0.39 is 0 Å². The van der Waals surface area contributed by atoms with Gasteiger partial charge in [-0.3, -0.25) is 14.6 Å². The van der Waals surface area contributed by atoms with Gasteiger partial charge in [-0.1, -0.05) is 12.1 Å². The summed E-state index contributed by atoms with van der Waals surface area (Å²) in [5, 5.41) is 2.87. The lowest BCUT2D eigenvalue weighted by atomic mass is 9.96. The van der Waals surface area contributed by atoms with Gasteiger partial charge in [0.15, 0.2) is 0 Å². The molecule has 0 spiro atoms. The summed E-state index contributed by atoms with van der Waals surface area (Å²) in [7, 11) is 0. The molecule has 6 nitrogen and oxygen atoms in total. The number of hydrogen-bond donors (Lipinski definition) is 1. The van der Waals surface area contributed by atoms with Crippen LogP contribution in [0.2, 0.25) is 0 Å². The number of carbonyl (C=O) groups is 2. The van der Waals surface area contributed by atoms with Crippen molar-refractivity contribution in [1.82, 2.24) is 20.2 Å². The Kier molecular flexibility index (Phi) is 5.55. The van der Waals surface area contributed by atoms with E-state index in [0.717, 1.165) is 24.1 Å². The normalized spacial score (nSPS) is 17.0. The molecule has 136 valence electrons. The number of benzene rings is 1. The van der Waals surface area contributed by atoms with Gasteiger partial charge in [0.05, 0.1) is 17.8 Å². The molecule has 7 heteroatoms. The number of carbonyl (C=O) groups excluding carboxylic acids is 2. The molecule has 1 aliphatic heterocycles. The van der Waals surface area contributed by atoms with Gasteiger partial charge >= 0.3 is 0 Å². The Morgan fingerprint density at radius 2 is 2.00 bits per heavy atom. The van der Waals surface area contributed by atoms with E-state index in [1.54, 1.807) is 23.2 Å². The van der Waals surface area contributed by atoms with Crippen LogP contribution in [-0.4, -0.2) is 39.8 Å². The molecule has 1 aromatic carbocycles. The summed E-state index contributed by atoms with van der Waals surface area (Å²) in [5.41, 5.74) is 1.87. The molecule has 0 radical (unpaired) electrons. The van der Waals surface area contributed by atoms with Gasteiger partial charge in [0.25, 0.3) is 5.91 Å². The zero-order valence-corrected chi connectivity index (χ0v) is 14.6. The van der Waals surface area contributed by atoms with Crippen LogP contribution in [0.25, 0.3) is 0 Å². The first kappa shape index (κ1) is 18.0. The van der Waals surface area contributed by atoms with Crippen LogP contribution in [0, 0.1) is 18.7 Å². The number of hydrogen-bond acceptors (Lipinski definition) is 4. The van der Waals surface area contributed by atoms with Crippen LogP contribution in [0.5, 0.6) is 0 Å². The molecule has 2 amide bonds. The number of nitrogens with zero attached hydrogens (tertiary/aromatic N) is 3. The highest BCUT2D eigenvalue weighted by Gasteiger charge is 2.29. The Hall–Kier alpha value is -2.83. The number of amides is 2. The van der Waals surface area contributed by atoms with Crippen molar-refractivity contribution < 1.29 is 14.0 Å². The van der Waals surface area contributed by atoms with Crippen molar-refractivity contribution in [2.24, 2.45) is 5.92 Å². The van der Waals surface area contributed by atoms with Gasteiger partial charge in [-0.25, -0.2) is 9.37 Å². The second-order valence-corrected chi connectivity index (χ2v) is 6.48. The van der Waals surface area contributed by atoms with Gasteiger partial charge in [-0.2, -0.15) is 0 Å². The Balaban J connectivity index is 1.57. The fourth-order valence-electron chi connectivity index (χ4n) is 2.98. The lowest BCUT2D eigenvalue weighted by Crippen LogP contribution is -2.45. The average molecular weight is 356 g/mol. The highest BCUT2D eigenvalue weighted by molar-refractivity contribution is 5.92. The molecule has 3 rings (SSSR count). The van der Waals surface area contributed by atoms with Crippen molar-refractivity contribution in [3.63, 3.8) is 0 Å². The first-order valence-corrected chi connectivity index (χ1v) is 8.63. The van der Waals surface area contributed by atoms with Crippen molar-refractivity contribution in [2.45, 2.75) is 26.3 Å². The third-order valence-electron chi connectivity index (χ3n) is 4.46. The maximum absolute atomic E-state index is 12.9. The predicted octanol–water partition coefficient (Wildman–Crippen LogP) is 2.09. The zero-order valence-electron chi connectivity index (χ0n) is 14.6. The summed E-state index contributed by atoms with van der Waals surface area (Å²) < 4.78 is 12.9. The van der Waals surface area contributed by atoms with Crippen LogP contribution in [0.4, 0.5) is 4.39 Å². The molecule has 1 unspecified atom stereocenters. The van der Waals surface area contributed by atoms with E-state index in [9.17, 15) is 14.0 Å². The van der Waals surface area contributed by atoms with Gasteiger partial charge in [0.1, 0.15) is 11.5 Å². The zero-order chi connectivity index (χ0) is 18.5. The van der Waals surface area contributed by atoms with Crippen LogP contribution in [0.15, 0.2) is 36.7 Å². The minimum Gasteiger partial charge on any atom is -0.352 e. The molecule has 0 saturated carbocycles. The third kappa shape index (κ3) is 4.41. The van der Waals surface area contributed by atoms with Crippen LogP contribution in [-0.2, 0) is 11.3 Å². The molecule has 1 saturated heterocycles. The molecule has 1 aromatic heterocycles. The Bertz CT molecular complexity index is 777. The van der Waals surface area contributed by atoms with E-state index in [4.69, 9.17) is 0 Å². The topological polar surface area (TPSA) is 75.2 Å². The second-order valence-electron chi connectivity index (χ2n) is 6.48. The number of likely N-dealkylation sites (tertiary alicyclic amines) is 1. The van der Waals surface area contributed by atoms with Gasteiger partial charge in [0, 0.05) is 25.8 Å². The van der Waals surface area contributed by atoms with Crippen molar-refractivity contribution in [1.29, 1.82) is 0 Å². The van der Waals surface area contributed by atoms with Crippen LogP contribution in [0.1, 0.15) is 34.6 Å². The number of nitrogens with one attached hydrogen (secondary N) is 1. The highest BCUT2D eigenvalue weighted by Crippen LogP contribution is 2.18. The summed E-state index contributed by atoms with van der Waals surface area (Å²) in [5.74, 6) is -0.859. The Labute approximate surface area is 151 Å². The lowest BCUT2D eigenvalue weighted by molar-refractivity contribution is -0.126. The lowest BCUT2D eigenvalue weighted by Gasteiger charge is -2.31. The van der Waals surface area contributed by atoms with E-state index in [0.29, 0.717) is 25.3 Å². The fraction of sp³-hybridized carbons (Fsp3) is 0.368. The van der Waals surface area contributed by atoms with Crippen molar-refractivity contribution in [3.05, 3.63) is 59.4 Å². The first-order valence-electron chi connectivity index (χ1n) is 8.63. The third-order valence-corrected chi connectivity index (χ3v) is 4.46. The summed E-state index contributed by atoms with van der Waals surface area (Å²) in [4.78, 5) is 34.9. The standard InChI is InChI=1S/C19H21FN4O2/c1-13-9-22-17(11-21-13)19(26)24-8-2-3-15(12-24)18(25)23-10-14-4-6-16(20)7-5-14/h4-7,9,11,15H,2-3,8,10,12H2,1H3,(H,23,25). The summed E-state index contributed by atoms with van der Waals surface area (Å²) in [6, 6.07) is 6.01. The highest BCUT2D eigenvalue weighted by atomic mass is 19.1. The second kappa shape index (κ2) is 8.03. The van der Waals surface area contributed by atoms with Gasteiger partial charge in [-0.05, 0) is 37.5 Å². The van der Waals surface area contributed by atoms with E-state index in [2.05, 4.69) is 15.3 Å². The Morgan fingerprint density at radius 3 is 2.69 bits per heavy atom. The molecule has 2 heterocycles. The molecular formula is C19H21FN4O2. The summed E-state index contributed by atoms with van der Waals surface area (Å²) in [6.45, 7) is 3.12. The van der Waals surface area contributed by atoms with E-state index in [-0.39, 0.29) is 23.5 Å². The van der Waals surface area contributed by atoms with Gasteiger partial charge in [0.2, 0.25) is 5.91 Å². The SMILES string of the molecule is Cc1cnc(C(=O)N2CCCC(C(=O)NCc3ccc(F)cc3)C2)cn1. The molecular weight excluding hydrogens is 335 g/mol. The largest absolute Gasteiger partial charge is 0.352 e. The maximum Gasteiger partial charge on any atom is 0.274 e. The molecule has 1 fully saturated rings. The van der Waals surface area contributed by atoms with Gasteiger partial charge < -0.3 is 10.2 Å². The van der Waals surface area contributed by atoms with E-state index in [1.165, 1.54) is 18.3 Å². The Morgan fingerprint density at radius 1 is 1.23 bits per heavy atom. The fourth-order valence-corrected chi connectivity index (χ4v) is 2.98. The van der Waals surface area contributed by atoms with Crippen molar-refractivity contribution >= 4 is 11.8 Å². The summed E-state index contributed by atoms with van der Waals surface area (Å²) >= 11 is 0. The predicted molar refractivity (Wildman–Crippen MR) is 93.6 cm³/mol. The monoisotopic (exact) mass is 356 g/mol. The van der Waals surface area contributed by atoms with E-state index in [1.807, 2.05) is 6.92 Å². The van der Waals surface area contributed by atoms with E-state index >= 15 is 0 Å². The number of rotatable bonds is 4. The maximum atomic E-state index is 12.9. The minimum atomic E-state index is -0.305. The molecule has 0 aliphatic carbocycles.